The third kappa shape index (κ3) is 5.81. The lowest BCUT2D eigenvalue weighted by Gasteiger charge is -2.17. The Hall–Kier alpha value is -2.15. The minimum atomic E-state index is -0.288. The van der Waals surface area contributed by atoms with Gasteiger partial charge in [-0.2, -0.15) is 0 Å². The Morgan fingerprint density at radius 1 is 1.38 bits per heavy atom. The number of hydrogen-bond donors (Lipinski definition) is 2. The fourth-order valence-corrected chi connectivity index (χ4v) is 2.30. The first-order valence-corrected chi connectivity index (χ1v) is 8.13. The van der Waals surface area contributed by atoms with E-state index in [2.05, 4.69) is 15.6 Å². The molecular weight excluding hydrogens is 311 g/mol. The molecule has 24 heavy (non-hydrogen) atoms. The van der Waals surface area contributed by atoms with Crippen molar-refractivity contribution in [2.45, 2.75) is 25.5 Å². The maximum Gasteiger partial charge on any atom is 0.241 e. The zero-order valence-electron chi connectivity index (χ0n) is 14.2. The Kier molecular flexibility index (Phi) is 6.99. The number of guanidine groups is 1. The molecule has 1 amide bonds. The Balaban J connectivity index is 1.95. The number of aliphatic imine (C=N–C) groups is 1. The highest BCUT2D eigenvalue weighted by Crippen LogP contribution is 2.10. The van der Waals surface area contributed by atoms with E-state index in [-0.39, 0.29) is 30.9 Å². The smallest absolute Gasteiger partial charge is 0.241 e. The van der Waals surface area contributed by atoms with Gasteiger partial charge in [0.15, 0.2) is 5.96 Å². The molecular formula is C17H25FN4O2. The number of halogens is 1. The van der Waals surface area contributed by atoms with Crippen molar-refractivity contribution in [3.8, 4) is 0 Å². The molecule has 0 bridgehead atoms. The summed E-state index contributed by atoms with van der Waals surface area (Å²) in [5.41, 5.74) is 0.509. The first-order chi connectivity index (χ1) is 11.6. The highest BCUT2D eigenvalue weighted by atomic mass is 19.1. The van der Waals surface area contributed by atoms with Gasteiger partial charge in [-0.25, -0.2) is 9.38 Å². The second kappa shape index (κ2) is 9.22. The highest BCUT2D eigenvalue weighted by Gasteiger charge is 2.16. The van der Waals surface area contributed by atoms with Crippen LogP contribution < -0.4 is 10.6 Å². The third-order valence-corrected chi connectivity index (χ3v) is 3.79. The number of carbonyl (C=O) groups excluding carboxylic acids is 1. The van der Waals surface area contributed by atoms with Gasteiger partial charge in [-0.1, -0.05) is 18.2 Å². The van der Waals surface area contributed by atoms with Gasteiger partial charge in [0.1, 0.15) is 5.82 Å². The SMILES string of the molecule is CN(C)C(=O)CNC(=NCc1ccccc1F)NCC1CCCO1. The van der Waals surface area contributed by atoms with Gasteiger partial charge in [-0.15, -0.1) is 0 Å². The van der Waals surface area contributed by atoms with Crippen LogP contribution in [0.5, 0.6) is 0 Å². The molecule has 1 atom stereocenters. The summed E-state index contributed by atoms with van der Waals surface area (Å²) in [5.74, 6) is 0.126. The monoisotopic (exact) mass is 336 g/mol. The van der Waals surface area contributed by atoms with Gasteiger partial charge in [-0.3, -0.25) is 4.79 Å². The summed E-state index contributed by atoms with van der Waals surface area (Å²) < 4.78 is 19.3. The van der Waals surface area contributed by atoms with Crippen LogP contribution in [0.1, 0.15) is 18.4 Å². The van der Waals surface area contributed by atoms with Crippen molar-refractivity contribution in [1.29, 1.82) is 0 Å². The number of likely N-dealkylation sites (N-methyl/N-ethyl adjacent to an activating group) is 1. The molecule has 1 unspecified atom stereocenters. The number of hydrogen-bond acceptors (Lipinski definition) is 3. The van der Waals surface area contributed by atoms with Crippen molar-refractivity contribution in [2.75, 3.05) is 33.8 Å². The van der Waals surface area contributed by atoms with Crippen molar-refractivity contribution in [3.63, 3.8) is 0 Å². The van der Waals surface area contributed by atoms with Crippen LogP contribution in [0.25, 0.3) is 0 Å². The number of rotatable bonds is 6. The van der Waals surface area contributed by atoms with Gasteiger partial charge < -0.3 is 20.3 Å². The van der Waals surface area contributed by atoms with Gasteiger partial charge in [0.2, 0.25) is 5.91 Å². The van der Waals surface area contributed by atoms with Crippen LogP contribution in [0.4, 0.5) is 4.39 Å². The second-order valence-corrected chi connectivity index (χ2v) is 5.91. The average Bonchev–Trinajstić information content (AvgIpc) is 3.08. The van der Waals surface area contributed by atoms with E-state index in [1.165, 1.54) is 11.0 Å². The fourth-order valence-electron chi connectivity index (χ4n) is 2.30. The molecule has 1 aliphatic heterocycles. The molecule has 1 saturated heterocycles. The van der Waals surface area contributed by atoms with Crippen LogP contribution in [0.3, 0.4) is 0 Å². The highest BCUT2D eigenvalue weighted by molar-refractivity contribution is 5.86. The second-order valence-electron chi connectivity index (χ2n) is 5.91. The number of ether oxygens (including phenoxy) is 1. The Morgan fingerprint density at radius 2 is 2.17 bits per heavy atom. The van der Waals surface area contributed by atoms with Gasteiger partial charge in [-0.05, 0) is 18.9 Å². The van der Waals surface area contributed by atoms with E-state index in [1.54, 1.807) is 32.3 Å². The van der Waals surface area contributed by atoms with Crippen molar-refractivity contribution >= 4 is 11.9 Å². The lowest BCUT2D eigenvalue weighted by molar-refractivity contribution is -0.127. The average molecular weight is 336 g/mol. The van der Waals surface area contributed by atoms with Crippen LogP contribution in [0.15, 0.2) is 29.3 Å². The van der Waals surface area contributed by atoms with Crippen LogP contribution in [-0.2, 0) is 16.1 Å². The molecule has 2 rings (SSSR count). The molecule has 1 aliphatic rings. The number of nitrogens with zero attached hydrogens (tertiary/aromatic N) is 2. The molecule has 2 N–H and O–H groups in total. The lowest BCUT2D eigenvalue weighted by Crippen LogP contribution is -2.45. The Labute approximate surface area is 142 Å². The van der Waals surface area contributed by atoms with E-state index in [4.69, 9.17) is 4.74 Å². The normalized spacial score (nSPS) is 17.6. The van der Waals surface area contributed by atoms with Gasteiger partial charge in [0, 0.05) is 32.8 Å². The summed E-state index contributed by atoms with van der Waals surface area (Å²) in [6.45, 7) is 1.71. The molecule has 6 nitrogen and oxygen atoms in total. The predicted molar refractivity (Wildman–Crippen MR) is 91.2 cm³/mol. The molecule has 1 fully saturated rings. The summed E-state index contributed by atoms with van der Waals surface area (Å²) in [4.78, 5) is 17.6. The van der Waals surface area contributed by atoms with E-state index < -0.39 is 0 Å². The van der Waals surface area contributed by atoms with Crippen LogP contribution >= 0.6 is 0 Å². The molecule has 1 aromatic carbocycles. The largest absolute Gasteiger partial charge is 0.376 e. The first kappa shape index (κ1) is 18.2. The Morgan fingerprint density at radius 3 is 2.83 bits per heavy atom. The maximum absolute atomic E-state index is 13.7. The minimum Gasteiger partial charge on any atom is -0.376 e. The minimum absolute atomic E-state index is 0.0625. The lowest BCUT2D eigenvalue weighted by atomic mass is 10.2. The number of benzene rings is 1. The van der Waals surface area contributed by atoms with Gasteiger partial charge >= 0.3 is 0 Å². The molecule has 7 heteroatoms. The predicted octanol–water partition coefficient (Wildman–Crippen LogP) is 1.13. The van der Waals surface area contributed by atoms with Gasteiger partial charge in [0.25, 0.3) is 0 Å². The fraction of sp³-hybridized carbons (Fsp3) is 0.529. The van der Waals surface area contributed by atoms with Crippen molar-refractivity contribution in [1.82, 2.24) is 15.5 Å². The number of amides is 1. The summed E-state index contributed by atoms with van der Waals surface area (Å²) in [5, 5.41) is 6.15. The summed E-state index contributed by atoms with van der Waals surface area (Å²) in [6.07, 6.45) is 2.21. The van der Waals surface area contributed by atoms with Crippen LogP contribution in [0.2, 0.25) is 0 Å². The number of carbonyl (C=O) groups is 1. The zero-order valence-corrected chi connectivity index (χ0v) is 14.2. The van der Waals surface area contributed by atoms with E-state index >= 15 is 0 Å². The van der Waals surface area contributed by atoms with Gasteiger partial charge in [0.05, 0.1) is 19.2 Å². The molecule has 0 saturated carbocycles. The Bertz CT molecular complexity index is 571. The van der Waals surface area contributed by atoms with Crippen LogP contribution in [-0.4, -0.2) is 56.7 Å². The summed E-state index contributed by atoms with van der Waals surface area (Å²) in [6, 6.07) is 6.53. The molecule has 0 spiro atoms. The number of nitrogens with one attached hydrogen (secondary N) is 2. The molecule has 1 heterocycles. The van der Waals surface area contributed by atoms with E-state index in [0.29, 0.717) is 18.1 Å². The summed E-state index contributed by atoms with van der Waals surface area (Å²) >= 11 is 0. The van der Waals surface area contributed by atoms with Crippen molar-refractivity contribution in [3.05, 3.63) is 35.6 Å². The maximum atomic E-state index is 13.7. The third-order valence-electron chi connectivity index (χ3n) is 3.79. The molecule has 132 valence electrons. The van der Waals surface area contributed by atoms with Crippen LogP contribution in [0, 0.1) is 5.82 Å². The molecule has 0 aliphatic carbocycles. The standard InChI is InChI=1S/C17H25FN4O2/c1-22(2)16(23)12-21-17(20-11-14-7-5-9-24-14)19-10-13-6-3-4-8-15(13)18/h3-4,6,8,14H,5,7,9-12H2,1-2H3,(H2,19,20,21). The van der Waals surface area contributed by atoms with E-state index in [1.807, 2.05) is 0 Å². The molecule has 1 aromatic rings. The molecule has 0 aromatic heterocycles. The quantitative estimate of drug-likeness (QED) is 0.604. The van der Waals surface area contributed by atoms with E-state index in [0.717, 1.165) is 19.4 Å². The molecule has 0 radical (unpaired) electrons. The summed E-state index contributed by atoms with van der Waals surface area (Å²) in [7, 11) is 3.39. The van der Waals surface area contributed by atoms with E-state index in [9.17, 15) is 9.18 Å². The van der Waals surface area contributed by atoms with Crippen molar-refractivity contribution in [2.24, 2.45) is 4.99 Å². The zero-order chi connectivity index (χ0) is 17.4. The van der Waals surface area contributed by atoms with Crippen molar-refractivity contribution < 1.29 is 13.9 Å². The topological polar surface area (TPSA) is 66.0 Å². The first-order valence-electron chi connectivity index (χ1n) is 8.13.